The fourth-order valence-corrected chi connectivity index (χ4v) is 1.21. The van der Waals surface area contributed by atoms with Crippen LogP contribution in [-0.2, 0) is 4.79 Å². The second-order valence-electron chi connectivity index (χ2n) is 4.33. The van der Waals surface area contributed by atoms with E-state index in [4.69, 9.17) is 5.11 Å². The molecule has 0 amide bonds. The van der Waals surface area contributed by atoms with Crippen molar-refractivity contribution in [2.75, 3.05) is 6.54 Å². The molecule has 0 radical (unpaired) electrons. The molecule has 4 heteroatoms. The average molecular weight is 247 g/mol. The van der Waals surface area contributed by atoms with Crippen molar-refractivity contribution < 1.29 is 15.0 Å². The van der Waals surface area contributed by atoms with Gasteiger partial charge in [-0.05, 0) is 26.0 Å². The molecule has 4 nitrogen and oxygen atoms in total. The molecule has 0 aromatic heterocycles. The first-order chi connectivity index (χ1) is 8.41. The number of nitrogens with one attached hydrogen (secondary N) is 1. The molecule has 0 heterocycles. The van der Waals surface area contributed by atoms with E-state index in [2.05, 4.69) is 17.2 Å². The van der Waals surface area contributed by atoms with Crippen LogP contribution >= 0.6 is 0 Å². The van der Waals surface area contributed by atoms with Crippen molar-refractivity contribution in [1.29, 1.82) is 0 Å². The van der Waals surface area contributed by atoms with E-state index in [9.17, 15) is 9.90 Å². The molecule has 0 aliphatic carbocycles. The molecule has 0 unspecified atom stereocenters. The maximum Gasteiger partial charge on any atom is 0.320 e. The predicted molar refractivity (Wildman–Crippen MR) is 69.0 cm³/mol. The van der Waals surface area contributed by atoms with Crippen molar-refractivity contribution in [3.8, 4) is 11.8 Å². The maximum atomic E-state index is 10.6. The van der Waals surface area contributed by atoms with E-state index in [-0.39, 0.29) is 6.54 Å². The van der Waals surface area contributed by atoms with Gasteiger partial charge in [0.25, 0.3) is 0 Å². The van der Waals surface area contributed by atoms with E-state index in [1.165, 1.54) is 6.92 Å². The zero-order valence-electron chi connectivity index (χ0n) is 10.5. The van der Waals surface area contributed by atoms with Gasteiger partial charge in [-0.1, -0.05) is 30.0 Å². The van der Waals surface area contributed by atoms with Gasteiger partial charge < -0.3 is 15.5 Å². The summed E-state index contributed by atoms with van der Waals surface area (Å²) >= 11 is 0. The Morgan fingerprint density at radius 3 is 2.61 bits per heavy atom. The maximum absolute atomic E-state index is 10.6. The van der Waals surface area contributed by atoms with Crippen LogP contribution in [0.1, 0.15) is 19.4 Å². The SMILES string of the molecule is C[C@H](NC[C@@](C)(O)C#Cc1ccccc1)C(=O)O. The Hall–Kier alpha value is -1.83. The number of aliphatic hydroxyl groups is 1. The standard InChI is InChI=1S/C14H17NO3/c1-11(13(16)17)15-10-14(2,18)9-8-12-6-4-3-5-7-12/h3-7,11,15,18H,10H2,1-2H3,(H,16,17)/t11-,14-/m0/s1. The lowest BCUT2D eigenvalue weighted by Gasteiger charge is -2.19. The topological polar surface area (TPSA) is 69.6 Å². The molecule has 1 aromatic carbocycles. The fourth-order valence-electron chi connectivity index (χ4n) is 1.21. The Labute approximate surface area is 107 Å². The van der Waals surface area contributed by atoms with Crippen LogP contribution in [0.15, 0.2) is 30.3 Å². The third-order valence-electron chi connectivity index (χ3n) is 2.37. The van der Waals surface area contributed by atoms with E-state index in [0.29, 0.717) is 0 Å². The van der Waals surface area contributed by atoms with Crippen LogP contribution < -0.4 is 5.32 Å². The van der Waals surface area contributed by atoms with Crippen molar-refractivity contribution >= 4 is 5.97 Å². The van der Waals surface area contributed by atoms with Gasteiger partial charge in [-0.3, -0.25) is 4.79 Å². The van der Waals surface area contributed by atoms with Crippen LogP contribution in [0.2, 0.25) is 0 Å². The molecule has 0 saturated carbocycles. The highest BCUT2D eigenvalue weighted by molar-refractivity contribution is 5.72. The molecule has 0 aliphatic heterocycles. The van der Waals surface area contributed by atoms with Gasteiger partial charge in [0.05, 0.1) is 0 Å². The van der Waals surface area contributed by atoms with Gasteiger partial charge in [-0.2, -0.15) is 0 Å². The molecule has 1 rings (SSSR count). The fraction of sp³-hybridized carbons (Fsp3) is 0.357. The van der Waals surface area contributed by atoms with E-state index in [1.54, 1.807) is 6.92 Å². The molecule has 2 atom stereocenters. The smallest absolute Gasteiger partial charge is 0.320 e. The van der Waals surface area contributed by atoms with Crippen molar-refractivity contribution in [3.05, 3.63) is 35.9 Å². The molecule has 0 aliphatic rings. The number of carboxylic acids is 1. The molecule has 3 N–H and O–H groups in total. The van der Waals surface area contributed by atoms with Crippen LogP contribution in [0.4, 0.5) is 0 Å². The summed E-state index contributed by atoms with van der Waals surface area (Å²) in [7, 11) is 0. The Bertz CT molecular complexity index is 457. The molecule has 0 saturated heterocycles. The average Bonchev–Trinajstić information content (AvgIpc) is 2.35. The van der Waals surface area contributed by atoms with Crippen LogP contribution in [0.3, 0.4) is 0 Å². The van der Waals surface area contributed by atoms with Crippen LogP contribution in [-0.4, -0.2) is 34.4 Å². The summed E-state index contributed by atoms with van der Waals surface area (Å²) in [5.41, 5.74) is -0.455. The number of carbonyl (C=O) groups is 1. The van der Waals surface area contributed by atoms with Crippen molar-refractivity contribution in [1.82, 2.24) is 5.32 Å². The Balaban J connectivity index is 2.60. The van der Waals surface area contributed by atoms with Crippen LogP contribution in [0.25, 0.3) is 0 Å². The van der Waals surface area contributed by atoms with E-state index in [1.807, 2.05) is 30.3 Å². The molecule has 0 bridgehead atoms. The van der Waals surface area contributed by atoms with Crippen LogP contribution in [0, 0.1) is 11.8 Å². The highest BCUT2D eigenvalue weighted by Crippen LogP contribution is 2.02. The number of hydrogen-bond donors (Lipinski definition) is 3. The highest BCUT2D eigenvalue weighted by atomic mass is 16.4. The molecular weight excluding hydrogens is 230 g/mol. The first-order valence-electron chi connectivity index (χ1n) is 5.67. The zero-order valence-corrected chi connectivity index (χ0v) is 10.5. The molecule has 0 spiro atoms. The third-order valence-corrected chi connectivity index (χ3v) is 2.37. The van der Waals surface area contributed by atoms with Crippen molar-refractivity contribution in [2.45, 2.75) is 25.5 Å². The molecule has 96 valence electrons. The van der Waals surface area contributed by atoms with Gasteiger partial charge in [0, 0.05) is 12.1 Å². The summed E-state index contributed by atoms with van der Waals surface area (Å²) in [5.74, 6) is 4.61. The van der Waals surface area contributed by atoms with Crippen molar-refractivity contribution in [3.63, 3.8) is 0 Å². The van der Waals surface area contributed by atoms with Gasteiger partial charge in [0.15, 0.2) is 0 Å². The molecule has 0 fully saturated rings. The quantitative estimate of drug-likeness (QED) is 0.690. The predicted octanol–water partition coefficient (Wildman–Crippen LogP) is 0.852. The normalized spacial score (nSPS) is 15.1. The lowest BCUT2D eigenvalue weighted by Crippen LogP contribution is -2.43. The lowest BCUT2D eigenvalue weighted by atomic mass is 10.1. The number of hydrogen-bond acceptors (Lipinski definition) is 3. The summed E-state index contributed by atoms with van der Waals surface area (Å²) in [5, 5.41) is 21.4. The monoisotopic (exact) mass is 247 g/mol. The van der Waals surface area contributed by atoms with Gasteiger partial charge in [0.2, 0.25) is 0 Å². The van der Waals surface area contributed by atoms with E-state index in [0.717, 1.165) is 5.56 Å². The first kappa shape index (κ1) is 14.2. The highest BCUT2D eigenvalue weighted by Gasteiger charge is 2.19. The zero-order chi connectivity index (χ0) is 13.6. The summed E-state index contributed by atoms with van der Waals surface area (Å²) in [6.45, 7) is 3.16. The minimum atomic E-state index is -1.26. The summed E-state index contributed by atoms with van der Waals surface area (Å²) in [4.78, 5) is 10.6. The number of carboxylic acid groups (broad SMARTS) is 1. The number of rotatable bonds is 4. The van der Waals surface area contributed by atoms with Gasteiger partial charge >= 0.3 is 5.97 Å². The Kier molecular flexibility index (Phi) is 4.90. The minimum absolute atomic E-state index is 0.0975. The van der Waals surface area contributed by atoms with E-state index >= 15 is 0 Å². The Morgan fingerprint density at radius 2 is 2.06 bits per heavy atom. The second-order valence-corrected chi connectivity index (χ2v) is 4.33. The minimum Gasteiger partial charge on any atom is -0.480 e. The summed E-state index contributed by atoms with van der Waals surface area (Å²) < 4.78 is 0. The van der Waals surface area contributed by atoms with Crippen LogP contribution in [0.5, 0.6) is 0 Å². The van der Waals surface area contributed by atoms with Gasteiger partial charge in [-0.15, -0.1) is 0 Å². The second kappa shape index (κ2) is 6.20. The largest absolute Gasteiger partial charge is 0.480 e. The summed E-state index contributed by atoms with van der Waals surface area (Å²) in [6.07, 6.45) is 0. The number of aliphatic carboxylic acids is 1. The van der Waals surface area contributed by atoms with Crippen molar-refractivity contribution in [2.24, 2.45) is 0 Å². The first-order valence-corrected chi connectivity index (χ1v) is 5.67. The van der Waals surface area contributed by atoms with Gasteiger partial charge in [0.1, 0.15) is 11.6 Å². The molecular formula is C14H17NO3. The lowest BCUT2D eigenvalue weighted by molar-refractivity contribution is -0.139. The molecule has 18 heavy (non-hydrogen) atoms. The van der Waals surface area contributed by atoms with Gasteiger partial charge in [-0.25, -0.2) is 0 Å². The molecule has 1 aromatic rings. The Morgan fingerprint density at radius 1 is 1.44 bits per heavy atom. The third kappa shape index (κ3) is 5.00. The van der Waals surface area contributed by atoms with E-state index < -0.39 is 17.6 Å². The summed E-state index contributed by atoms with van der Waals surface area (Å²) in [6, 6.07) is 8.59. The number of benzene rings is 1.